The number of carboxylic acids is 2. The predicted octanol–water partition coefficient (Wildman–Crippen LogP) is -0.0177. The summed E-state index contributed by atoms with van der Waals surface area (Å²) in [6.07, 6.45) is 1.64. The Morgan fingerprint density at radius 1 is 1.20 bits per heavy atom. The van der Waals surface area contributed by atoms with Crippen molar-refractivity contribution in [3.63, 3.8) is 0 Å². The highest BCUT2D eigenvalue weighted by molar-refractivity contribution is 5.84. The Kier molecular flexibility index (Phi) is 6.23. The highest BCUT2D eigenvalue weighted by atomic mass is 16.5. The van der Waals surface area contributed by atoms with Crippen LogP contribution in [0.2, 0.25) is 0 Å². The minimum Gasteiger partial charge on any atom is -0.480 e. The van der Waals surface area contributed by atoms with Crippen molar-refractivity contribution >= 4 is 18.0 Å². The minimum atomic E-state index is -1.25. The van der Waals surface area contributed by atoms with Gasteiger partial charge in [-0.25, -0.2) is 4.79 Å². The highest BCUT2D eigenvalue weighted by Crippen LogP contribution is 2.18. The molecular weight excluding hydrogens is 268 g/mol. The van der Waals surface area contributed by atoms with Gasteiger partial charge in [0.25, 0.3) is 0 Å². The first-order chi connectivity index (χ1) is 9.40. The molecule has 0 radical (unpaired) electrons. The summed E-state index contributed by atoms with van der Waals surface area (Å²) in [5.74, 6) is -2.25. The van der Waals surface area contributed by atoms with E-state index in [4.69, 9.17) is 14.9 Å². The number of hydrogen-bond donors (Lipinski definition) is 3. The summed E-state index contributed by atoms with van der Waals surface area (Å²) >= 11 is 0. The van der Waals surface area contributed by atoms with E-state index in [1.807, 2.05) is 6.92 Å². The second kappa shape index (κ2) is 7.68. The molecule has 114 valence electrons. The van der Waals surface area contributed by atoms with Crippen molar-refractivity contribution in [1.29, 1.82) is 0 Å². The summed E-state index contributed by atoms with van der Waals surface area (Å²) in [6, 6.07) is -0.828. The van der Waals surface area contributed by atoms with E-state index in [2.05, 4.69) is 5.32 Å². The number of nitrogens with zero attached hydrogens (tertiary/aromatic N) is 1. The molecule has 1 unspecified atom stereocenters. The van der Waals surface area contributed by atoms with Gasteiger partial charge in [-0.3, -0.25) is 9.59 Å². The third kappa shape index (κ3) is 5.43. The number of aliphatic carboxylic acids is 2. The van der Waals surface area contributed by atoms with Crippen molar-refractivity contribution in [2.75, 3.05) is 26.3 Å². The van der Waals surface area contributed by atoms with Crippen LogP contribution < -0.4 is 5.32 Å². The summed E-state index contributed by atoms with van der Waals surface area (Å²) in [5, 5.41) is 20.1. The molecule has 1 heterocycles. The number of carbonyl (C=O) groups excluding carboxylic acids is 1. The van der Waals surface area contributed by atoms with Crippen molar-refractivity contribution in [2.45, 2.75) is 25.8 Å². The molecule has 1 aliphatic heterocycles. The lowest BCUT2D eigenvalue weighted by Crippen LogP contribution is -2.50. The van der Waals surface area contributed by atoms with Gasteiger partial charge in [0.1, 0.15) is 13.1 Å². The van der Waals surface area contributed by atoms with Crippen LogP contribution in [-0.4, -0.2) is 65.4 Å². The van der Waals surface area contributed by atoms with Crippen molar-refractivity contribution in [2.24, 2.45) is 5.92 Å². The average molecular weight is 288 g/mol. The first kappa shape index (κ1) is 16.2. The smallest absolute Gasteiger partial charge is 0.323 e. The Labute approximate surface area is 116 Å². The van der Waals surface area contributed by atoms with Crippen molar-refractivity contribution < 1.29 is 29.3 Å². The quantitative estimate of drug-likeness (QED) is 0.632. The lowest BCUT2D eigenvalue weighted by molar-refractivity contribution is -0.140. The lowest BCUT2D eigenvalue weighted by atomic mass is 9.93. The van der Waals surface area contributed by atoms with Crippen molar-refractivity contribution in [3.05, 3.63) is 0 Å². The number of ether oxygens (including phenoxy) is 1. The molecule has 2 amide bonds. The molecule has 1 aliphatic rings. The number of hydrogen-bond acceptors (Lipinski definition) is 4. The maximum atomic E-state index is 11.9. The molecule has 8 nitrogen and oxygen atoms in total. The molecule has 0 aromatic heterocycles. The normalized spacial score (nSPS) is 17.2. The second-order valence-corrected chi connectivity index (χ2v) is 4.83. The number of carboxylic acid groups (broad SMARTS) is 2. The van der Waals surface area contributed by atoms with Gasteiger partial charge >= 0.3 is 18.0 Å². The minimum absolute atomic E-state index is 0.156. The molecule has 0 aromatic carbocycles. The maximum absolute atomic E-state index is 11.9. The summed E-state index contributed by atoms with van der Waals surface area (Å²) in [4.78, 5) is 34.0. The van der Waals surface area contributed by atoms with Gasteiger partial charge in [0.05, 0.1) is 0 Å². The maximum Gasteiger partial charge on any atom is 0.323 e. The van der Waals surface area contributed by atoms with Crippen LogP contribution in [0.4, 0.5) is 4.79 Å². The Morgan fingerprint density at radius 3 is 2.15 bits per heavy atom. The summed E-state index contributed by atoms with van der Waals surface area (Å²) in [7, 11) is 0. The molecule has 0 saturated carbocycles. The largest absolute Gasteiger partial charge is 0.480 e. The molecule has 8 heteroatoms. The Bertz CT molecular complexity index is 351. The van der Waals surface area contributed by atoms with Crippen molar-refractivity contribution in [1.82, 2.24) is 10.2 Å². The highest BCUT2D eigenvalue weighted by Gasteiger charge is 2.25. The van der Waals surface area contributed by atoms with Crippen LogP contribution in [0.3, 0.4) is 0 Å². The monoisotopic (exact) mass is 288 g/mol. The van der Waals surface area contributed by atoms with E-state index in [-0.39, 0.29) is 12.0 Å². The van der Waals surface area contributed by atoms with E-state index in [1.165, 1.54) is 0 Å². The van der Waals surface area contributed by atoms with E-state index in [1.54, 1.807) is 0 Å². The standard InChI is InChI=1S/C12H20N2O6/c1-8(9-2-4-20-5-3-9)13-12(19)14(6-10(15)16)7-11(17)18/h8-9H,2-7H2,1H3,(H,13,19)(H,15,16)(H,17,18). The molecule has 1 rings (SSSR count). The topological polar surface area (TPSA) is 116 Å². The third-order valence-corrected chi connectivity index (χ3v) is 3.26. The number of carbonyl (C=O) groups is 3. The number of rotatable bonds is 6. The van der Waals surface area contributed by atoms with Crippen LogP contribution in [0.1, 0.15) is 19.8 Å². The third-order valence-electron chi connectivity index (χ3n) is 3.26. The molecule has 0 spiro atoms. The molecule has 0 bridgehead atoms. The fraction of sp³-hybridized carbons (Fsp3) is 0.750. The second-order valence-electron chi connectivity index (χ2n) is 4.83. The van der Waals surface area contributed by atoms with E-state index < -0.39 is 31.1 Å². The van der Waals surface area contributed by atoms with Crippen LogP contribution in [0, 0.1) is 5.92 Å². The summed E-state index contributed by atoms with van der Waals surface area (Å²) in [6.45, 7) is 1.82. The van der Waals surface area contributed by atoms with Gasteiger partial charge in [0, 0.05) is 19.3 Å². The Balaban J connectivity index is 2.54. The van der Waals surface area contributed by atoms with Gasteiger partial charge in [-0.2, -0.15) is 0 Å². The molecule has 0 aliphatic carbocycles. The van der Waals surface area contributed by atoms with Gasteiger partial charge in [-0.05, 0) is 25.7 Å². The SMILES string of the molecule is CC(NC(=O)N(CC(=O)O)CC(=O)O)C1CCOCC1. The van der Waals surface area contributed by atoms with Gasteiger partial charge in [-0.15, -0.1) is 0 Å². The van der Waals surface area contributed by atoms with E-state index in [0.717, 1.165) is 17.7 Å². The molecule has 0 aromatic rings. The molecule has 3 N–H and O–H groups in total. The van der Waals surface area contributed by atoms with Gasteiger partial charge in [-0.1, -0.05) is 0 Å². The van der Waals surface area contributed by atoms with Crippen LogP contribution in [0.15, 0.2) is 0 Å². The fourth-order valence-electron chi connectivity index (χ4n) is 2.15. The van der Waals surface area contributed by atoms with Crippen LogP contribution in [0.5, 0.6) is 0 Å². The van der Waals surface area contributed by atoms with E-state index in [0.29, 0.717) is 13.2 Å². The van der Waals surface area contributed by atoms with Crippen LogP contribution in [-0.2, 0) is 14.3 Å². The van der Waals surface area contributed by atoms with Gasteiger partial charge in [0.15, 0.2) is 0 Å². The lowest BCUT2D eigenvalue weighted by Gasteiger charge is -2.30. The first-order valence-corrected chi connectivity index (χ1v) is 6.47. The number of urea groups is 1. The Morgan fingerprint density at radius 2 is 1.70 bits per heavy atom. The summed E-state index contributed by atoms with van der Waals surface area (Å²) < 4.78 is 5.23. The number of nitrogens with one attached hydrogen (secondary N) is 1. The molecule has 20 heavy (non-hydrogen) atoms. The molecule has 1 saturated heterocycles. The molecule has 1 fully saturated rings. The van der Waals surface area contributed by atoms with Crippen LogP contribution >= 0.6 is 0 Å². The van der Waals surface area contributed by atoms with Crippen LogP contribution in [0.25, 0.3) is 0 Å². The molecule has 1 atom stereocenters. The fourth-order valence-corrected chi connectivity index (χ4v) is 2.15. The molecular formula is C12H20N2O6. The zero-order valence-electron chi connectivity index (χ0n) is 11.4. The van der Waals surface area contributed by atoms with E-state index in [9.17, 15) is 14.4 Å². The van der Waals surface area contributed by atoms with Crippen molar-refractivity contribution in [3.8, 4) is 0 Å². The zero-order chi connectivity index (χ0) is 15.1. The zero-order valence-corrected chi connectivity index (χ0v) is 11.4. The van der Waals surface area contributed by atoms with Gasteiger partial charge < -0.3 is 25.2 Å². The Hall–Kier alpha value is -1.83. The summed E-state index contributed by atoms with van der Waals surface area (Å²) in [5.41, 5.74) is 0. The van der Waals surface area contributed by atoms with Gasteiger partial charge in [0.2, 0.25) is 0 Å². The average Bonchev–Trinajstić information content (AvgIpc) is 2.37. The number of amides is 2. The van der Waals surface area contributed by atoms with E-state index >= 15 is 0 Å². The predicted molar refractivity (Wildman–Crippen MR) is 68.4 cm³/mol. The first-order valence-electron chi connectivity index (χ1n) is 6.47.